The van der Waals surface area contributed by atoms with E-state index in [-0.39, 0.29) is 41.1 Å². The number of hydrogen-bond acceptors (Lipinski definition) is 6. The van der Waals surface area contributed by atoms with Crippen molar-refractivity contribution in [2.75, 3.05) is 11.9 Å². The molecule has 0 bridgehead atoms. The second kappa shape index (κ2) is 9.12. The highest BCUT2D eigenvalue weighted by atomic mass is 19.4. The zero-order valence-corrected chi connectivity index (χ0v) is 18.2. The van der Waals surface area contributed by atoms with Crippen LogP contribution in [0, 0.1) is 0 Å². The van der Waals surface area contributed by atoms with E-state index in [9.17, 15) is 22.8 Å². The average molecular weight is 464 g/mol. The van der Waals surface area contributed by atoms with Crippen LogP contribution in [0.15, 0.2) is 24.5 Å². The molecule has 33 heavy (non-hydrogen) atoms. The number of nitrogens with one attached hydrogen (secondary N) is 2. The number of fused-ring (bicyclic) bond motifs is 1. The molecule has 2 heterocycles. The van der Waals surface area contributed by atoms with Gasteiger partial charge in [-0.1, -0.05) is 6.92 Å². The van der Waals surface area contributed by atoms with Crippen LogP contribution in [0.5, 0.6) is 0 Å². The molecule has 4 N–H and O–H groups in total. The third-order valence-corrected chi connectivity index (χ3v) is 6.44. The van der Waals surface area contributed by atoms with Gasteiger partial charge in [0.1, 0.15) is 18.2 Å². The highest BCUT2D eigenvalue weighted by Gasteiger charge is 2.42. The molecule has 2 amide bonds. The van der Waals surface area contributed by atoms with Gasteiger partial charge in [0.15, 0.2) is 0 Å². The summed E-state index contributed by atoms with van der Waals surface area (Å²) >= 11 is 0. The molecule has 4 atom stereocenters. The SMILES string of the molecule is CCC(=O)NC1C[C@H](N)CCC1N1CCC(Nc2ncnc3ccc(C(F)(F)F)cc23)C1=O. The number of anilines is 1. The molecule has 178 valence electrons. The van der Waals surface area contributed by atoms with E-state index in [1.54, 1.807) is 11.8 Å². The average Bonchev–Trinajstić information content (AvgIpc) is 3.13. The Balaban J connectivity index is 1.54. The third kappa shape index (κ3) is 4.87. The van der Waals surface area contributed by atoms with Crippen molar-refractivity contribution in [2.45, 2.75) is 69.4 Å². The van der Waals surface area contributed by atoms with Gasteiger partial charge in [-0.05, 0) is 43.9 Å². The lowest BCUT2D eigenvalue weighted by molar-refractivity contribution is -0.137. The molecule has 3 unspecified atom stereocenters. The number of alkyl halides is 3. The van der Waals surface area contributed by atoms with Gasteiger partial charge in [0.05, 0.1) is 23.2 Å². The minimum atomic E-state index is -4.50. The van der Waals surface area contributed by atoms with Gasteiger partial charge < -0.3 is 21.3 Å². The Morgan fingerprint density at radius 1 is 1.24 bits per heavy atom. The first kappa shape index (κ1) is 23.2. The second-order valence-corrected chi connectivity index (χ2v) is 8.64. The van der Waals surface area contributed by atoms with Gasteiger partial charge >= 0.3 is 6.18 Å². The quantitative estimate of drug-likeness (QED) is 0.627. The zero-order valence-electron chi connectivity index (χ0n) is 18.2. The van der Waals surface area contributed by atoms with Gasteiger partial charge in [-0.25, -0.2) is 9.97 Å². The van der Waals surface area contributed by atoms with Crippen LogP contribution in [0.25, 0.3) is 10.9 Å². The number of halogens is 3. The summed E-state index contributed by atoms with van der Waals surface area (Å²) in [5.74, 6) is -0.0638. The summed E-state index contributed by atoms with van der Waals surface area (Å²) in [6.07, 6.45) is -0.400. The standard InChI is InChI=1S/C22H27F3N6O2/c1-2-19(32)29-17-10-13(26)4-6-18(17)31-8-7-16(21(31)33)30-20-14-9-12(22(23,24)25)3-5-15(14)27-11-28-20/h3,5,9,11,13,16-18H,2,4,6-8,10,26H2,1H3,(H,29,32)(H,27,28,30)/t13-,16?,17?,18?/m1/s1. The first-order valence-corrected chi connectivity index (χ1v) is 11.1. The number of nitrogens with zero attached hydrogens (tertiary/aromatic N) is 3. The number of nitrogens with two attached hydrogens (primary N) is 1. The maximum atomic E-state index is 13.2. The van der Waals surface area contributed by atoms with Crippen molar-refractivity contribution < 1.29 is 22.8 Å². The first-order valence-electron chi connectivity index (χ1n) is 11.1. The number of aromatic nitrogens is 2. The van der Waals surface area contributed by atoms with E-state index in [1.807, 2.05) is 0 Å². The maximum Gasteiger partial charge on any atom is 0.416 e. The second-order valence-electron chi connectivity index (χ2n) is 8.64. The summed E-state index contributed by atoms with van der Waals surface area (Å²) in [4.78, 5) is 35.1. The van der Waals surface area contributed by atoms with Crippen molar-refractivity contribution in [2.24, 2.45) is 5.73 Å². The van der Waals surface area contributed by atoms with Crippen molar-refractivity contribution in [3.63, 3.8) is 0 Å². The smallest absolute Gasteiger partial charge is 0.358 e. The lowest BCUT2D eigenvalue weighted by Gasteiger charge is -2.40. The van der Waals surface area contributed by atoms with E-state index in [2.05, 4.69) is 20.6 Å². The Morgan fingerprint density at radius 3 is 2.76 bits per heavy atom. The van der Waals surface area contributed by atoms with Crippen molar-refractivity contribution in [1.29, 1.82) is 0 Å². The van der Waals surface area contributed by atoms with Crippen LogP contribution in [0.3, 0.4) is 0 Å². The van der Waals surface area contributed by atoms with E-state index in [4.69, 9.17) is 5.73 Å². The summed E-state index contributed by atoms with van der Waals surface area (Å²) in [5, 5.41) is 6.23. The van der Waals surface area contributed by atoms with Gasteiger partial charge in [0.2, 0.25) is 11.8 Å². The highest BCUT2D eigenvalue weighted by Crippen LogP contribution is 2.33. The molecule has 1 aliphatic heterocycles. The lowest BCUT2D eigenvalue weighted by Crippen LogP contribution is -2.57. The summed E-state index contributed by atoms with van der Waals surface area (Å²) in [6, 6.07) is 2.20. The molecule has 0 spiro atoms. The Morgan fingerprint density at radius 2 is 2.03 bits per heavy atom. The van der Waals surface area contributed by atoms with E-state index in [1.165, 1.54) is 12.4 Å². The van der Waals surface area contributed by atoms with Crippen LogP contribution in [0.1, 0.15) is 44.6 Å². The van der Waals surface area contributed by atoms with E-state index >= 15 is 0 Å². The Labute approximate surface area is 189 Å². The molecule has 2 fully saturated rings. The number of carbonyl (C=O) groups is 2. The predicted molar refractivity (Wildman–Crippen MR) is 116 cm³/mol. The fourth-order valence-electron chi connectivity index (χ4n) is 4.70. The Hall–Kier alpha value is -2.95. The molecule has 1 aromatic heterocycles. The molecule has 11 heteroatoms. The van der Waals surface area contributed by atoms with Crippen molar-refractivity contribution in [1.82, 2.24) is 20.2 Å². The topological polar surface area (TPSA) is 113 Å². The van der Waals surface area contributed by atoms with Crippen molar-refractivity contribution in [3.8, 4) is 0 Å². The summed E-state index contributed by atoms with van der Waals surface area (Å²) in [5.41, 5.74) is 5.65. The van der Waals surface area contributed by atoms with E-state index < -0.39 is 17.8 Å². The lowest BCUT2D eigenvalue weighted by atomic mass is 9.86. The number of carbonyl (C=O) groups excluding carboxylic acids is 2. The summed E-state index contributed by atoms with van der Waals surface area (Å²) < 4.78 is 39.6. The van der Waals surface area contributed by atoms with E-state index in [0.29, 0.717) is 37.7 Å². The molecule has 1 aromatic carbocycles. The fourth-order valence-corrected chi connectivity index (χ4v) is 4.70. The van der Waals surface area contributed by atoms with Gasteiger partial charge in [-0.2, -0.15) is 13.2 Å². The predicted octanol–water partition coefficient (Wildman–Crippen LogP) is 2.44. The number of rotatable bonds is 5. The van der Waals surface area contributed by atoms with Crippen LogP contribution in [0.4, 0.5) is 19.0 Å². The van der Waals surface area contributed by atoms with Crippen LogP contribution in [-0.4, -0.2) is 57.4 Å². The summed E-state index contributed by atoms with van der Waals surface area (Å²) in [7, 11) is 0. The van der Waals surface area contributed by atoms with E-state index in [0.717, 1.165) is 18.6 Å². The number of hydrogen-bond donors (Lipinski definition) is 3. The third-order valence-electron chi connectivity index (χ3n) is 6.44. The van der Waals surface area contributed by atoms with Gasteiger partial charge in [0, 0.05) is 24.4 Å². The van der Waals surface area contributed by atoms with Crippen LogP contribution >= 0.6 is 0 Å². The molecule has 8 nitrogen and oxygen atoms in total. The molecule has 2 aliphatic rings. The molecule has 0 radical (unpaired) electrons. The molecule has 4 rings (SSSR count). The molecule has 1 saturated carbocycles. The monoisotopic (exact) mass is 464 g/mol. The van der Waals surface area contributed by atoms with Crippen molar-refractivity contribution >= 4 is 28.5 Å². The number of benzene rings is 1. The normalized spacial score (nSPS) is 26.0. The number of amides is 2. The van der Waals surface area contributed by atoms with Gasteiger partial charge in [-0.3, -0.25) is 9.59 Å². The molecular weight excluding hydrogens is 437 g/mol. The molecular formula is C22H27F3N6O2. The minimum absolute atomic E-state index is 0.0368. The molecule has 2 aromatic rings. The number of likely N-dealkylation sites (tertiary alicyclic amines) is 1. The van der Waals surface area contributed by atoms with Crippen molar-refractivity contribution in [3.05, 3.63) is 30.1 Å². The Kier molecular flexibility index (Phi) is 6.42. The maximum absolute atomic E-state index is 13.2. The molecule has 1 aliphatic carbocycles. The van der Waals surface area contributed by atoms with Gasteiger partial charge in [0.25, 0.3) is 0 Å². The minimum Gasteiger partial charge on any atom is -0.358 e. The van der Waals surface area contributed by atoms with Crippen LogP contribution < -0.4 is 16.4 Å². The largest absolute Gasteiger partial charge is 0.416 e. The summed E-state index contributed by atoms with van der Waals surface area (Å²) in [6.45, 7) is 2.25. The zero-order chi connectivity index (χ0) is 23.8. The van der Waals surface area contributed by atoms with Crippen LogP contribution in [0.2, 0.25) is 0 Å². The molecule has 1 saturated heterocycles. The van der Waals surface area contributed by atoms with Gasteiger partial charge in [-0.15, -0.1) is 0 Å². The fraction of sp³-hybridized carbons (Fsp3) is 0.545. The highest BCUT2D eigenvalue weighted by molar-refractivity contribution is 5.93. The first-order chi connectivity index (χ1) is 15.7. The van der Waals surface area contributed by atoms with Crippen LogP contribution in [-0.2, 0) is 15.8 Å². The Bertz CT molecular complexity index is 1050.